The van der Waals surface area contributed by atoms with Crippen LogP contribution in [0.5, 0.6) is 0 Å². The largest absolute Gasteiger partial charge is 0.392 e. The fraction of sp³-hybridized carbons (Fsp3) is 0.556. The van der Waals surface area contributed by atoms with E-state index in [1.54, 1.807) is 0 Å². The summed E-state index contributed by atoms with van der Waals surface area (Å²) in [6, 6.07) is 0. The van der Waals surface area contributed by atoms with Gasteiger partial charge in [-0.3, -0.25) is 0 Å². The van der Waals surface area contributed by atoms with Crippen molar-refractivity contribution in [3.05, 3.63) is 22.2 Å². The Hall–Kier alpha value is -0.950. The predicted molar refractivity (Wildman–Crippen MR) is 52.2 cm³/mol. The molecule has 1 aromatic heterocycles. The van der Waals surface area contributed by atoms with Crippen molar-refractivity contribution in [2.24, 2.45) is 5.92 Å². The molecule has 1 aromatic rings. The van der Waals surface area contributed by atoms with Gasteiger partial charge in [-0.2, -0.15) is 13.2 Å². The Morgan fingerprint density at radius 1 is 1.50 bits per heavy atom. The predicted octanol–water partition coefficient (Wildman–Crippen LogP) is 2.30. The third-order valence-corrected chi connectivity index (χ3v) is 2.91. The molecule has 1 aliphatic carbocycles. The molecule has 2 rings (SSSR count). The Labute approximate surface area is 94.3 Å². The lowest BCUT2D eigenvalue weighted by molar-refractivity contribution is -0.184. The number of aliphatic hydroxyl groups excluding tert-OH is 1. The maximum absolute atomic E-state index is 12.5. The van der Waals surface area contributed by atoms with E-state index in [-0.39, 0.29) is 17.6 Å². The lowest BCUT2D eigenvalue weighted by Crippen LogP contribution is -2.31. The van der Waals surface area contributed by atoms with Crippen molar-refractivity contribution in [1.29, 1.82) is 0 Å². The minimum atomic E-state index is -4.29. The van der Waals surface area contributed by atoms with Crippen LogP contribution in [0.15, 0.2) is 6.20 Å². The molecule has 0 radical (unpaired) electrons. The normalized spacial score (nSPS) is 25.2. The summed E-state index contributed by atoms with van der Waals surface area (Å²) in [5.74, 6) is -1.52. The first-order valence-corrected chi connectivity index (χ1v) is 5.11. The van der Waals surface area contributed by atoms with Crippen LogP contribution in [0.2, 0.25) is 0 Å². The van der Waals surface area contributed by atoms with Crippen LogP contribution in [-0.4, -0.2) is 21.3 Å². The molecule has 0 saturated carbocycles. The van der Waals surface area contributed by atoms with Gasteiger partial charge in [0.1, 0.15) is 0 Å². The Balaban J connectivity index is 2.38. The second-order valence-corrected chi connectivity index (χ2v) is 4.20. The van der Waals surface area contributed by atoms with Gasteiger partial charge in [0.2, 0.25) is 0 Å². The Bertz CT molecular complexity index is 457. The average Bonchev–Trinajstić information content (AvgIpc) is 2.15. The molecule has 0 fully saturated rings. The van der Waals surface area contributed by atoms with Crippen LogP contribution in [0, 0.1) is 10.7 Å². The second-order valence-electron chi connectivity index (χ2n) is 3.82. The number of hydrogen-bond donors (Lipinski definition) is 2. The Morgan fingerprint density at radius 2 is 2.19 bits per heavy atom. The number of fused-ring (bicyclic) bond motifs is 1. The summed E-state index contributed by atoms with van der Waals surface area (Å²) in [4.78, 5) is 6.35. The van der Waals surface area contributed by atoms with E-state index < -0.39 is 18.2 Å². The molecule has 0 spiro atoms. The Morgan fingerprint density at radius 3 is 2.81 bits per heavy atom. The van der Waals surface area contributed by atoms with Crippen LogP contribution in [0.4, 0.5) is 13.2 Å². The number of rotatable bonds is 0. The summed E-state index contributed by atoms with van der Waals surface area (Å²) >= 11 is 4.74. The molecule has 1 aliphatic rings. The standard InChI is InChI=1S/C9H9F3N2OS/c10-9(11,12)4-1-6-5(7(15)2-4)3-13-8(16)14-6/h3-4,7,15H,1-2H2,(H,13,14,16)/t4-,7+/m1/s1. The number of nitrogens with zero attached hydrogens (tertiary/aromatic N) is 1. The number of aromatic nitrogens is 2. The summed E-state index contributed by atoms with van der Waals surface area (Å²) < 4.78 is 37.8. The molecule has 0 aliphatic heterocycles. The van der Waals surface area contributed by atoms with E-state index >= 15 is 0 Å². The Kier molecular flexibility index (Phi) is 2.75. The first kappa shape index (κ1) is 11.5. The monoisotopic (exact) mass is 250 g/mol. The highest BCUT2D eigenvalue weighted by Crippen LogP contribution is 2.40. The number of aromatic amines is 1. The molecule has 88 valence electrons. The zero-order chi connectivity index (χ0) is 11.9. The van der Waals surface area contributed by atoms with Crippen LogP contribution >= 0.6 is 12.2 Å². The van der Waals surface area contributed by atoms with Gasteiger partial charge in [0.25, 0.3) is 0 Å². The van der Waals surface area contributed by atoms with Crippen LogP contribution in [0.3, 0.4) is 0 Å². The van der Waals surface area contributed by atoms with Crippen LogP contribution < -0.4 is 0 Å². The molecule has 1 heterocycles. The summed E-state index contributed by atoms with van der Waals surface area (Å²) in [6.07, 6.45) is -4.58. The van der Waals surface area contributed by atoms with Gasteiger partial charge in [0.05, 0.1) is 12.0 Å². The fourth-order valence-corrected chi connectivity index (χ4v) is 2.05. The lowest BCUT2D eigenvalue weighted by Gasteiger charge is -2.29. The maximum Gasteiger partial charge on any atom is 0.392 e. The minimum Gasteiger partial charge on any atom is -0.388 e. The first-order chi connectivity index (χ1) is 7.38. The van der Waals surface area contributed by atoms with Crippen molar-refractivity contribution in [2.45, 2.75) is 25.1 Å². The van der Waals surface area contributed by atoms with E-state index in [1.807, 2.05) is 0 Å². The van der Waals surface area contributed by atoms with E-state index in [0.29, 0.717) is 11.3 Å². The average molecular weight is 250 g/mol. The maximum atomic E-state index is 12.5. The van der Waals surface area contributed by atoms with E-state index in [4.69, 9.17) is 12.2 Å². The number of alkyl halides is 3. The summed E-state index contributed by atoms with van der Waals surface area (Å²) in [7, 11) is 0. The lowest BCUT2D eigenvalue weighted by atomic mass is 9.85. The van der Waals surface area contributed by atoms with Gasteiger partial charge in [0, 0.05) is 17.5 Å². The van der Waals surface area contributed by atoms with Crippen molar-refractivity contribution >= 4 is 12.2 Å². The molecule has 2 N–H and O–H groups in total. The molecule has 7 heteroatoms. The zero-order valence-corrected chi connectivity index (χ0v) is 8.90. The quantitative estimate of drug-likeness (QED) is 0.694. The van der Waals surface area contributed by atoms with Crippen molar-refractivity contribution in [1.82, 2.24) is 9.97 Å². The summed E-state index contributed by atoms with van der Waals surface area (Å²) in [6.45, 7) is 0. The van der Waals surface area contributed by atoms with Gasteiger partial charge in [-0.05, 0) is 25.1 Å². The van der Waals surface area contributed by atoms with E-state index in [2.05, 4.69) is 9.97 Å². The highest BCUT2D eigenvalue weighted by atomic mass is 32.1. The molecule has 2 atom stereocenters. The van der Waals surface area contributed by atoms with Crippen molar-refractivity contribution in [2.75, 3.05) is 0 Å². The van der Waals surface area contributed by atoms with Gasteiger partial charge in [0.15, 0.2) is 4.77 Å². The number of hydrogen-bond acceptors (Lipinski definition) is 3. The highest BCUT2D eigenvalue weighted by molar-refractivity contribution is 7.71. The molecular formula is C9H9F3N2OS. The van der Waals surface area contributed by atoms with Gasteiger partial charge in [-0.1, -0.05) is 0 Å². The van der Waals surface area contributed by atoms with E-state index in [9.17, 15) is 18.3 Å². The van der Waals surface area contributed by atoms with Gasteiger partial charge < -0.3 is 10.1 Å². The van der Waals surface area contributed by atoms with Crippen molar-refractivity contribution < 1.29 is 18.3 Å². The third kappa shape index (κ3) is 2.10. The molecule has 16 heavy (non-hydrogen) atoms. The highest BCUT2D eigenvalue weighted by Gasteiger charge is 2.43. The number of nitrogens with one attached hydrogen (secondary N) is 1. The third-order valence-electron chi connectivity index (χ3n) is 2.71. The molecule has 0 saturated heterocycles. The molecule has 3 nitrogen and oxygen atoms in total. The van der Waals surface area contributed by atoms with Gasteiger partial charge in [-0.15, -0.1) is 0 Å². The van der Waals surface area contributed by atoms with Crippen LogP contribution in [0.25, 0.3) is 0 Å². The second kappa shape index (κ2) is 3.81. The first-order valence-electron chi connectivity index (χ1n) is 4.71. The number of H-pyrrole nitrogens is 1. The van der Waals surface area contributed by atoms with Crippen LogP contribution in [-0.2, 0) is 6.42 Å². The SMILES string of the molecule is O[C@H]1C[C@H](C(F)(F)F)Cc2[nH]c(=S)ncc21. The number of halogens is 3. The topological polar surface area (TPSA) is 48.9 Å². The van der Waals surface area contributed by atoms with Crippen molar-refractivity contribution in [3.63, 3.8) is 0 Å². The van der Waals surface area contributed by atoms with Gasteiger partial charge >= 0.3 is 6.18 Å². The van der Waals surface area contributed by atoms with Gasteiger partial charge in [-0.25, -0.2) is 4.98 Å². The number of aliphatic hydroxyl groups is 1. The van der Waals surface area contributed by atoms with Crippen molar-refractivity contribution in [3.8, 4) is 0 Å². The minimum absolute atomic E-state index is 0.133. The summed E-state index contributed by atoms with van der Waals surface area (Å²) in [5, 5.41) is 9.59. The van der Waals surface area contributed by atoms with E-state index in [0.717, 1.165) is 0 Å². The van der Waals surface area contributed by atoms with E-state index in [1.165, 1.54) is 6.20 Å². The molecule has 0 unspecified atom stereocenters. The summed E-state index contributed by atoms with van der Waals surface area (Å²) in [5.41, 5.74) is 0.746. The molecule has 0 aromatic carbocycles. The molecule has 0 bridgehead atoms. The zero-order valence-electron chi connectivity index (χ0n) is 8.08. The van der Waals surface area contributed by atoms with Crippen LogP contribution in [0.1, 0.15) is 23.8 Å². The molecule has 0 amide bonds. The fourth-order valence-electron chi connectivity index (χ4n) is 1.87. The molecular weight excluding hydrogens is 241 g/mol. The smallest absolute Gasteiger partial charge is 0.388 e.